The van der Waals surface area contributed by atoms with Crippen molar-refractivity contribution in [2.45, 2.75) is 34.3 Å². The smallest absolute Gasteiger partial charge is 0.310 e. The van der Waals surface area contributed by atoms with Gasteiger partial charge in [-0.2, -0.15) is 0 Å². The molecule has 26 heavy (non-hydrogen) atoms. The number of hydrogen-bond donors (Lipinski definition) is 0. The van der Waals surface area contributed by atoms with Gasteiger partial charge < -0.3 is 9.47 Å². The van der Waals surface area contributed by atoms with Gasteiger partial charge in [-0.25, -0.2) is 0 Å². The zero-order valence-corrected chi connectivity index (χ0v) is 15.9. The first-order chi connectivity index (χ1) is 12.4. The molecule has 1 saturated carbocycles. The third-order valence-corrected chi connectivity index (χ3v) is 4.96. The number of esters is 1. The van der Waals surface area contributed by atoms with Crippen LogP contribution in [0.2, 0.25) is 0 Å². The Hall–Kier alpha value is -2.55. The zero-order valence-electron chi connectivity index (χ0n) is 15.9. The van der Waals surface area contributed by atoms with Crippen LogP contribution >= 0.6 is 0 Å². The van der Waals surface area contributed by atoms with Crippen molar-refractivity contribution in [3.8, 4) is 11.5 Å². The Morgan fingerprint density at radius 2 is 1.62 bits per heavy atom. The molecule has 0 bridgehead atoms. The van der Waals surface area contributed by atoms with E-state index in [9.17, 15) is 4.79 Å². The van der Waals surface area contributed by atoms with Crippen LogP contribution in [0.4, 0.5) is 0 Å². The van der Waals surface area contributed by atoms with Crippen molar-refractivity contribution in [1.82, 2.24) is 0 Å². The number of benzene rings is 2. The summed E-state index contributed by atoms with van der Waals surface area (Å²) >= 11 is 0. The van der Waals surface area contributed by atoms with Crippen LogP contribution in [0.3, 0.4) is 0 Å². The number of carbonyl (C=O) groups excluding carboxylic acids is 1. The molecule has 2 unspecified atom stereocenters. The largest absolute Gasteiger partial charge is 0.461 e. The first kappa shape index (κ1) is 18.2. The molecule has 0 amide bonds. The van der Waals surface area contributed by atoms with Gasteiger partial charge >= 0.3 is 5.97 Å². The van der Waals surface area contributed by atoms with Gasteiger partial charge in [0.25, 0.3) is 0 Å². The highest BCUT2D eigenvalue weighted by Crippen LogP contribution is 2.59. The second kappa shape index (κ2) is 7.36. The Kier molecular flexibility index (Phi) is 5.17. The molecule has 0 radical (unpaired) electrons. The second-order valence-electron chi connectivity index (χ2n) is 7.74. The Labute approximate surface area is 155 Å². The van der Waals surface area contributed by atoms with Crippen LogP contribution in [-0.4, -0.2) is 5.97 Å². The third-order valence-electron chi connectivity index (χ3n) is 4.96. The molecule has 0 aromatic heterocycles. The van der Waals surface area contributed by atoms with Crippen LogP contribution in [-0.2, 0) is 16.1 Å². The van der Waals surface area contributed by atoms with Crippen LogP contribution in [0.25, 0.3) is 0 Å². The average Bonchev–Trinajstić information content (AvgIpc) is 3.14. The van der Waals surface area contributed by atoms with Crippen molar-refractivity contribution >= 4 is 5.97 Å². The minimum atomic E-state index is -0.109. The fourth-order valence-corrected chi connectivity index (χ4v) is 3.32. The van der Waals surface area contributed by atoms with E-state index < -0.39 is 0 Å². The SMILES string of the molecule is CC(C)=CC1C(C(=O)OCc2ccc(Oc3ccccc3)cc2)C1(C)C. The van der Waals surface area contributed by atoms with Crippen LogP contribution < -0.4 is 4.74 Å². The molecule has 0 spiro atoms. The molecule has 2 atom stereocenters. The van der Waals surface area contributed by atoms with E-state index in [4.69, 9.17) is 9.47 Å². The lowest BCUT2D eigenvalue weighted by Gasteiger charge is -2.08. The van der Waals surface area contributed by atoms with Gasteiger partial charge in [-0.3, -0.25) is 4.79 Å². The molecule has 2 aromatic rings. The van der Waals surface area contributed by atoms with E-state index >= 15 is 0 Å². The van der Waals surface area contributed by atoms with Gasteiger partial charge in [0, 0.05) is 0 Å². The van der Waals surface area contributed by atoms with Crippen molar-refractivity contribution < 1.29 is 14.3 Å². The van der Waals surface area contributed by atoms with Gasteiger partial charge in [-0.05, 0) is 55.0 Å². The lowest BCUT2D eigenvalue weighted by molar-refractivity contribution is -0.147. The highest BCUT2D eigenvalue weighted by Gasteiger charge is 2.61. The predicted octanol–water partition coefficient (Wildman–Crippen LogP) is 5.76. The standard InChI is InChI=1S/C23H26O3/c1-16(2)14-20-21(23(20,3)4)22(24)25-15-17-10-12-19(13-11-17)26-18-8-6-5-7-9-18/h5-14,20-21H,15H2,1-4H3. The molecule has 0 N–H and O–H groups in total. The van der Waals surface area contributed by atoms with E-state index in [-0.39, 0.29) is 23.2 Å². The summed E-state index contributed by atoms with van der Waals surface area (Å²) in [5.41, 5.74) is 2.19. The Morgan fingerprint density at radius 1 is 1.00 bits per heavy atom. The predicted molar refractivity (Wildman–Crippen MR) is 103 cm³/mol. The maximum Gasteiger partial charge on any atom is 0.310 e. The molecule has 1 fully saturated rings. The van der Waals surface area contributed by atoms with Crippen LogP contribution in [0.5, 0.6) is 11.5 Å². The number of hydrogen-bond acceptors (Lipinski definition) is 3. The molecule has 1 aliphatic carbocycles. The molecule has 136 valence electrons. The van der Waals surface area contributed by atoms with Gasteiger partial charge in [-0.15, -0.1) is 0 Å². The summed E-state index contributed by atoms with van der Waals surface area (Å²) in [7, 11) is 0. The monoisotopic (exact) mass is 350 g/mol. The third kappa shape index (κ3) is 4.16. The summed E-state index contributed by atoms with van der Waals surface area (Å²) in [5.74, 6) is 1.69. The molecular formula is C23H26O3. The lowest BCUT2D eigenvalue weighted by atomic mass is 10.1. The molecule has 3 rings (SSSR count). The fourth-order valence-electron chi connectivity index (χ4n) is 3.32. The lowest BCUT2D eigenvalue weighted by Crippen LogP contribution is -2.10. The van der Waals surface area contributed by atoms with Crippen molar-refractivity contribution in [2.75, 3.05) is 0 Å². The molecular weight excluding hydrogens is 324 g/mol. The van der Waals surface area contributed by atoms with Gasteiger partial charge in [0.2, 0.25) is 0 Å². The Morgan fingerprint density at radius 3 is 2.23 bits per heavy atom. The van der Waals surface area contributed by atoms with Crippen molar-refractivity contribution in [2.24, 2.45) is 17.3 Å². The Balaban J connectivity index is 1.54. The molecule has 2 aromatic carbocycles. The molecule has 0 aliphatic heterocycles. The molecule has 3 nitrogen and oxygen atoms in total. The number of para-hydroxylation sites is 1. The molecule has 0 saturated heterocycles. The number of ether oxygens (including phenoxy) is 2. The summed E-state index contributed by atoms with van der Waals surface area (Å²) in [6.45, 7) is 8.67. The molecule has 3 heteroatoms. The quantitative estimate of drug-likeness (QED) is 0.491. The van der Waals surface area contributed by atoms with Crippen molar-refractivity contribution in [3.05, 3.63) is 71.8 Å². The normalized spacial score (nSPS) is 20.2. The van der Waals surface area contributed by atoms with Gasteiger partial charge in [-0.1, -0.05) is 55.8 Å². The minimum absolute atomic E-state index is 0.0122. The number of carbonyl (C=O) groups is 1. The van der Waals surface area contributed by atoms with E-state index in [2.05, 4.69) is 33.8 Å². The van der Waals surface area contributed by atoms with E-state index in [1.165, 1.54) is 5.57 Å². The van der Waals surface area contributed by atoms with Crippen LogP contribution in [0.15, 0.2) is 66.2 Å². The number of allylic oxidation sites excluding steroid dienone is 2. The van der Waals surface area contributed by atoms with Crippen molar-refractivity contribution in [3.63, 3.8) is 0 Å². The summed E-state index contributed by atoms with van der Waals surface area (Å²) in [6, 6.07) is 17.3. The minimum Gasteiger partial charge on any atom is -0.461 e. The average molecular weight is 350 g/mol. The van der Waals surface area contributed by atoms with E-state index in [1.807, 2.05) is 54.6 Å². The van der Waals surface area contributed by atoms with Gasteiger partial charge in [0.15, 0.2) is 0 Å². The second-order valence-corrected chi connectivity index (χ2v) is 7.74. The van der Waals surface area contributed by atoms with E-state index in [0.29, 0.717) is 6.61 Å². The van der Waals surface area contributed by atoms with Crippen molar-refractivity contribution in [1.29, 1.82) is 0 Å². The first-order valence-corrected chi connectivity index (χ1v) is 9.01. The first-order valence-electron chi connectivity index (χ1n) is 9.01. The van der Waals surface area contributed by atoms with Crippen LogP contribution in [0, 0.1) is 17.3 Å². The topological polar surface area (TPSA) is 35.5 Å². The highest BCUT2D eigenvalue weighted by molar-refractivity contribution is 5.78. The van der Waals surface area contributed by atoms with E-state index in [0.717, 1.165) is 17.1 Å². The maximum atomic E-state index is 12.4. The van der Waals surface area contributed by atoms with Gasteiger partial charge in [0.1, 0.15) is 18.1 Å². The molecule has 1 aliphatic rings. The van der Waals surface area contributed by atoms with E-state index in [1.54, 1.807) is 0 Å². The fraction of sp³-hybridized carbons (Fsp3) is 0.348. The summed E-state index contributed by atoms with van der Waals surface area (Å²) < 4.78 is 11.3. The van der Waals surface area contributed by atoms with Crippen LogP contribution in [0.1, 0.15) is 33.3 Å². The summed E-state index contributed by atoms with van der Waals surface area (Å²) in [5, 5.41) is 0. The summed E-state index contributed by atoms with van der Waals surface area (Å²) in [4.78, 5) is 12.4. The Bertz CT molecular complexity index is 784. The highest BCUT2D eigenvalue weighted by atomic mass is 16.5. The maximum absolute atomic E-state index is 12.4. The summed E-state index contributed by atoms with van der Waals surface area (Å²) in [6.07, 6.45) is 2.18. The molecule has 0 heterocycles. The number of rotatable bonds is 6. The van der Waals surface area contributed by atoms with Gasteiger partial charge in [0.05, 0.1) is 5.92 Å². The zero-order chi connectivity index (χ0) is 18.7.